The van der Waals surface area contributed by atoms with Gasteiger partial charge in [0.2, 0.25) is 0 Å². The molecule has 4 heteroatoms. The zero-order chi connectivity index (χ0) is 16.7. The van der Waals surface area contributed by atoms with Crippen LogP contribution >= 0.6 is 0 Å². The molecule has 2 N–H and O–H groups in total. The van der Waals surface area contributed by atoms with E-state index in [1.807, 2.05) is 32.9 Å². The highest BCUT2D eigenvalue weighted by molar-refractivity contribution is 5.83. The van der Waals surface area contributed by atoms with Gasteiger partial charge in [-0.3, -0.25) is 0 Å². The number of rotatable bonds is 7. The van der Waals surface area contributed by atoms with Gasteiger partial charge in [0.05, 0.1) is 12.1 Å². The molecule has 0 spiro atoms. The van der Waals surface area contributed by atoms with Crippen molar-refractivity contribution in [2.24, 2.45) is 0 Å². The minimum absolute atomic E-state index is 0.0356. The van der Waals surface area contributed by atoms with E-state index in [0.29, 0.717) is 13.2 Å². The summed E-state index contributed by atoms with van der Waals surface area (Å²) < 4.78 is 5.44. The van der Waals surface area contributed by atoms with Crippen LogP contribution in [0.1, 0.15) is 38.8 Å². The van der Waals surface area contributed by atoms with E-state index in [9.17, 15) is 4.79 Å². The number of fused-ring (bicyclic) bond motifs is 1. The summed E-state index contributed by atoms with van der Waals surface area (Å²) in [6, 6.07) is 14.3. The maximum absolute atomic E-state index is 11.9. The number of ether oxygens (including phenoxy) is 1. The zero-order valence-electron chi connectivity index (χ0n) is 14.1. The van der Waals surface area contributed by atoms with Gasteiger partial charge in [-0.05, 0) is 49.6 Å². The highest BCUT2D eigenvalue weighted by Gasteiger charge is 2.09. The quantitative estimate of drug-likeness (QED) is 0.759. The summed E-state index contributed by atoms with van der Waals surface area (Å²) in [4.78, 5) is 11.9. The second kappa shape index (κ2) is 8.53. The zero-order valence-corrected chi connectivity index (χ0v) is 14.1. The van der Waals surface area contributed by atoms with Gasteiger partial charge in [0.25, 0.3) is 0 Å². The summed E-state index contributed by atoms with van der Waals surface area (Å²) >= 11 is 0. The molecule has 0 saturated heterocycles. The molecule has 0 aliphatic rings. The van der Waals surface area contributed by atoms with Crippen LogP contribution in [-0.2, 0) is 4.74 Å². The Bertz CT molecular complexity index is 640. The fraction of sp³-hybridized carbons (Fsp3) is 0.421. The summed E-state index contributed by atoms with van der Waals surface area (Å²) in [5, 5.41) is 8.23. The van der Waals surface area contributed by atoms with Gasteiger partial charge in [0.1, 0.15) is 0 Å². The van der Waals surface area contributed by atoms with Crippen molar-refractivity contribution in [2.75, 3.05) is 13.2 Å². The molecule has 0 aliphatic heterocycles. The maximum Gasteiger partial charge on any atom is 0.315 e. The van der Waals surface area contributed by atoms with E-state index in [4.69, 9.17) is 4.74 Å². The first-order valence-corrected chi connectivity index (χ1v) is 8.21. The molecule has 0 fully saturated rings. The lowest BCUT2D eigenvalue weighted by atomic mass is 10.0. The van der Waals surface area contributed by atoms with Crippen LogP contribution in [0.4, 0.5) is 4.79 Å². The fourth-order valence-electron chi connectivity index (χ4n) is 2.40. The van der Waals surface area contributed by atoms with Crippen LogP contribution in [0, 0.1) is 0 Å². The van der Waals surface area contributed by atoms with Crippen molar-refractivity contribution in [2.45, 2.75) is 39.3 Å². The van der Waals surface area contributed by atoms with Crippen LogP contribution in [0.15, 0.2) is 42.5 Å². The van der Waals surface area contributed by atoms with Gasteiger partial charge >= 0.3 is 6.03 Å². The van der Waals surface area contributed by atoms with Gasteiger partial charge in [-0.25, -0.2) is 4.79 Å². The summed E-state index contributed by atoms with van der Waals surface area (Å²) in [6.45, 7) is 7.28. The Morgan fingerprint density at radius 3 is 2.57 bits per heavy atom. The fourth-order valence-corrected chi connectivity index (χ4v) is 2.40. The second-order valence-electron chi connectivity index (χ2n) is 6.00. The molecule has 2 aromatic carbocycles. The standard InChI is InChI=1S/C19H26N2O2/c1-14(2)23-12-6-11-20-19(22)21-15(3)17-10-9-16-7-4-5-8-18(16)13-17/h4-5,7-10,13-15H,6,11-12H2,1-3H3,(H2,20,21,22)/t15-/m0/s1. The van der Waals surface area contributed by atoms with Crippen LogP contribution in [0.5, 0.6) is 0 Å². The Hall–Kier alpha value is -2.07. The number of benzene rings is 2. The lowest BCUT2D eigenvalue weighted by Crippen LogP contribution is -2.37. The van der Waals surface area contributed by atoms with Crippen molar-refractivity contribution in [3.63, 3.8) is 0 Å². The summed E-state index contributed by atoms with van der Waals surface area (Å²) in [6.07, 6.45) is 1.05. The van der Waals surface area contributed by atoms with Crippen molar-refractivity contribution < 1.29 is 9.53 Å². The van der Waals surface area contributed by atoms with E-state index in [2.05, 4.69) is 41.0 Å². The molecule has 0 saturated carbocycles. The first kappa shape index (κ1) is 17.3. The van der Waals surface area contributed by atoms with Gasteiger partial charge in [-0.1, -0.05) is 36.4 Å². The van der Waals surface area contributed by atoms with Crippen LogP contribution in [-0.4, -0.2) is 25.3 Å². The van der Waals surface area contributed by atoms with Crippen LogP contribution in [0.25, 0.3) is 10.8 Å². The lowest BCUT2D eigenvalue weighted by molar-refractivity contribution is 0.0774. The van der Waals surface area contributed by atoms with Gasteiger partial charge in [-0.2, -0.15) is 0 Å². The predicted octanol–water partition coefficient (Wildman–Crippen LogP) is 4.02. The summed E-state index contributed by atoms with van der Waals surface area (Å²) in [5.74, 6) is 0. The molecule has 23 heavy (non-hydrogen) atoms. The first-order valence-electron chi connectivity index (χ1n) is 8.21. The molecule has 2 rings (SSSR count). The number of hydrogen-bond donors (Lipinski definition) is 2. The van der Waals surface area contributed by atoms with Gasteiger partial charge in [0.15, 0.2) is 0 Å². The molecule has 124 valence electrons. The van der Waals surface area contributed by atoms with Crippen molar-refractivity contribution in [1.82, 2.24) is 10.6 Å². The molecule has 0 unspecified atom stereocenters. The molecule has 1 atom stereocenters. The van der Waals surface area contributed by atoms with Gasteiger partial charge < -0.3 is 15.4 Å². The SMILES string of the molecule is CC(C)OCCCNC(=O)N[C@@H](C)c1ccc2ccccc2c1. The van der Waals surface area contributed by atoms with Gasteiger partial charge in [0, 0.05) is 13.2 Å². The number of carbonyl (C=O) groups excluding carboxylic acids is 1. The van der Waals surface area contributed by atoms with E-state index >= 15 is 0 Å². The van der Waals surface area contributed by atoms with E-state index in [0.717, 1.165) is 12.0 Å². The van der Waals surface area contributed by atoms with E-state index in [1.165, 1.54) is 10.8 Å². The monoisotopic (exact) mass is 314 g/mol. The van der Waals surface area contributed by atoms with Crippen LogP contribution < -0.4 is 10.6 Å². The molecular weight excluding hydrogens is 288 g/mol. The number of nitrogens with one attached hydrogen (secondary N) is 2. The Labute approximate surface area is 138 Å². The molecule has 0 aliphatic carbocycles. The summed E-state index contributed by atoms with van der Waals surface area (Å²) in [7, 11) is 0. The average Bonchev–Trinajstić information content (AvgIpc) is 2.53. The molecule has 0 heterocycles. The van der Waals surface area contributed by atoms with Crippen LogP contribution in [0.3, 0.4) is 0 Å². The molecule has 0 bridgehead atoms. The van der Waals surface area contributed by atoms with E-state index in [1.54, 1.807) is 0 Å². The lowest BCUT2D eigenvalue weighted by Gasteiger charge is -2.16. The largest absolute Gasteiger partial charge is 0.379 e. The van der Waals surface area contributed by atoms with E-state index in [-0.39, 0.29) is 18.2 Å². The predicted molar refractivity (Wildman–Crippen MR) is 94.6 cm³/mol. The number of hydrogen-bond acceptors (Lipinski definition) is 2. The third-order valence-electron chi connectivity index (χ3n) is 3.68. The highest BCUT2D eigenvalue weighted by Crippen LogP contribution is 2.20. The third-order valence-corrected chi connectivity index (χ3v) is 3.68. The average molecular weight is 314 g/mol. The minimum Gasteiger partial charge on any atom is -0.379 e. The van der Waals surface area contributed by atoms with Crippen molar-refractivity contribution in [1.29, 1.82) is 0 Å². The van der Waals surface area contributed by atoms with Crippen LogP contribution in [0.2, 0.25) is 0 Å². The molecular formula is C19H26N2O2. The maximum atomic E-state index is 11.9. The first-order chi connectivity index (χ1) is 11.1. The van der Waals surface area contributed by atoms with Crippen molar-refractivity contribution in [3.8, 4) is 0 Å². The third kappa shape index (κ3) is 5.57. The summed E-state index contributed by atoms with van der Waals surface area (Å²) in [5.41, 5.74) is 1.10. The normalized spacial score (nSPS) is 12.3. The Kier molecular flexibility index (Phi) is 6.41. The van der Waals surface area contributed by atoms with Crippen molar-refractivity contribution in [3.05, 3.63) is 48.0 Å². The second-order valence-corrected chi connectivity index (χ2v) is 6.00. The highest BCUT2D eigenvalue weighted by atomic mass is 16.5. The number of urea groups is 1. The molecule has 0 radical (unpaired) electrons. The Morgan fingerprint density at radius 1 is 1.09 bits per heavy atom. The molecule has 2 amide bonds. The molecule has 0 aromatic heterocycles. The smallest absolute Gasteiger partial charge is 0.315 e. The Balaban J connectivity index is 1.80. The topological polar surface area (TPSA) is 50.4 Å². The van der Waals surface area contributed by atoms with Crippen molar-refractivity contribution >= 4 is 16.8 Å². The van der Waals surface area contributed by atoms with E-state index < -0.39 is 0 Å². The van der Waals surface area contributed by atoms with Gasteiger partial charge in [-0.15, -0.1) is 0 Å². The Morgan fingerprint density at radius 2 is 1.83 bits per heavy atom. The number of amides is 2. The molecule has 2 aromatic rings. The minimum atomic E-state index is -0.143. The number of carbonyl (C=O) groups is 1. The molecule has 4 nitrogen and oxygen atoms in total.